The number of benzene rings is 1. The minimum absolute atomic E-state index is 0.0554. The summed E-state index contributed by atoms with van der Waals surface area (Å²) in [6.07, 6.45) is 1.88. The molecule has 1 aromatic carbocycles. The molecule has 0 heterocycles. The van der Waals surface area contributed by atoms with Crippen LogP contribution in [-0.4, -0.2) is 34.3 Å². The summed E-state index contributed by atoms with van der Waals surface area (Å²) in [5.41, 5.74) is 9.65. The molecule has 132 valence electrons. The number of unbranched alkanes of at least 4 members (excludes halogenated alkanes) is 1. The Bertz CT molecular complexity index is 622. The number of hydrogen-bond acceptors (Lipinski definition) is 8. The smallest absolute Gasteiger partial charge is 0.368 e. The zero-order valence-electron chi connectivity index (χ0n) is 13.3. The van der Waals surface area contributed by atoms with E-state index in [2.05, 4.69) is 5.32 Å². The lowest BCUT2D eigenvalue weighted by molar-refractivity contribution is -0.421. The second-order valence-corrected chi connectivity index (χ2v) is 5.27. The van der Waals surface area contributed by atoms with Gasteiger partial charge in [-0.2, -0.15) is 0 Å². The number of carbonyl (C=O) groups excluding carboxylic acids is 1. The van der Waals surface area contributed by atoms with E-state index in [-0.39, 0.29) is 18.0 Å². The number of hydrogen-bond donors (Lipinski definition) is 3. The number of nitrogens with one attached hydrogen (secondary N) is 1. The molecule has 2 atom stereocenters. The van der Waals surface area contributed by atoms with Crippen LogP contribution in [0.4, 0.5) is 17.1 Å². The summed E-state index contributed by atoms with van der Waals surface area (Å²) < 4.78 is 0. The molecule has 0 radical (unpaired) electrons. The van der Waals surface area contributed by atoms with E-state index in [1.807, 2.05) is 6.92 Å². The van der Waals surface area contributed by atoms with E-state index in [1.165, 1.54) is 12.1 Å². The normalized spacial score (nSPS) is 13.1. The summed E-state index contributed by atoms with van der Waals surface area (Å²) >= 11 is 0. The monoisotopic (exact) mass is 339 g/mol. The first-order valence-electron chi connectivity index (χ1n) is 7.51. The number of nitrogens with zero attached hydrogens (tertiary/aromatic N) is 2. The van der Waals surface area contributed by atoms with Gasteiger partial charge in [0.2, 0.25) is 0 Å². The standard InChI is InChI=1S/C14H21N5O5/c1-2-3-5-11(14(20)9(16)8-15)17-10-6-4-7-12(18(21)22)13(10)19(23)24/h4,6-7,9,11,17H,2-3,5,8,15-16H2,1H3. The number of anilines is 1. The predicted molar refractivity (Wildman–Crippen MR) is 88.7 cm³/mol. The zero-order valence-corrected chi connectivity index (χ0v) is 13.3. The van der Waals surface area contributed by atoms with Crippen LogP contribution in [0, 0.1) is 20.2 Å². The lowest BCUT2D eigenvalue weighted by atomic mass is 9.99. The summed E-state index contributed by atoms with van der Waals surface area (Å²) in [4.78, 5) is 32.9. The molecule has 0 aliphatic heterocycles. The van der Waals surface area contributed by atoms with Crippen LogP contribution in [0.25, 0.3) is 0 Å². The van der Waals surface area contributed by atoms with Crippen molar-refractivity contribution in [1.82, 2.24) is 0 Å². The molecular weight excluding hydrogens is 318 g/mol. The quantitative estimate of drug-likeness (QED) is 0.423. The van der Waals surface area contributed by atoms with Gasteiger partial charge >= 0.3 is 11.4 Å². The lowest BCUT2D eigenvalue weighted by Gasteiger charge is -2.21. The summed E-state index contributed by atoms with van der Waals surface area (Å²) in [5, 5.41) is 25.0. The predicted octanol–water partition coefficient (Wildman–Crippen LogP) is 1.33. The largest absolute Gasteiger partial charge is 0.369 e. The van der Waals surface area contributed by atoms with Gasteiger partial charge in [-0.15, -0.1) is 0 Å². The highest BCUT2D eigenvalue weighted by Crippen LogP contribution is 2.35. The maximum Gasteiger partial charge on any atom is 0.368 e. The molecule has 0 saturated heterocycles. The molecule has 1 rings (SSSR count). The van der Waals surface area contributed by atoms with Crippen LogP contribution in [0.2, 0.25) is 0 Å². The summed E-state index contributed by atoms with van der Waals surface area (Å²) in [6, 6.07) is 1.97. The van der Waals surface area contributed by atoms with Gasteiger partial charge in [0.15, 0.2) is 5.78 Å². The van der Waals surface area contributed by atoms with E-state index in [4.69, 9.17) is 11.5 Å². The van der Waals surface area contributed by atoms with Crippen LogP contribution in [0.3, 0.4) is 0 Å². The molecule has 24 heavy (non-hydrogen) atoms. The maximum atomic E-state index is 12.3. The van der Waals surface area contributed by atoms with Crippen molar-refractivity contribution in [1.29, 1.82) is 0 Å². The Hall–Kier alpha value is -2.59. The van der Waals surface area contributed by atoms with Gasteiger partial charge in [0.1, 0.15) is 5.69 Å². The van der Waals surface area contributed by atoms with Gasteiger partial charge in [-0.1, -0.05) is 25.8 Å². The number of nitro benzene ring substituents is 2. The highest BCUT2D eigenvalue weighted by Gasteiger charge is 2.31. The minimum atomic E-state index is -0.905. The SMILES string of the molecule is CCCCC(Nc1cccc([N+](=O)[O-])c1[N+](=O)[O-])C(=O)C(N)CN. The van der Waals surface area contributed by atoms with E-state index >= 15 is 0 Å². The van der Waals surface area contributed by atoms with E-state index in [0.717, 1.165) is 12.5 Å². The van der Waals surface area contributed by atoms with Gasteiger partial charge in [-0.3, -0.25) is 25.0 Å². The van der Waals surface area contributed by atoms with Gasteiger partial charge in [0.25, 0.3) is 0 Å². The van der Waals surface area contributed by atoms with E-state index in [1.54, 1.807) is 0 Å². The average molecular weight is 339 g/mol. The number of carbonyl (C=O) groups is 1. The van der Waals surface area contributed by atoms with Crippen molar-refractivity contribution >= 4 is 22.8 Å². The Labute approximate surface area is 138 Å². The molecule has 0 aliphatic carbocycles. The Morgan fingerprint density at radius 3 is 2.46 bits per heavy atom. The molecule has 10 heteroatoms. The van der Waals surface area contributed by atoms with Crippen molar-refractivity contribution in [2.45, 2.75) is 38.3 Å². The zero-order chi connectivity index (χ0) is 18.3. The van der Waals surface area contributed by atoms with Crippen molar-refractivity contribution in [2.75, 3.05) is 11.9 Å². The molecule has 0 bridgehead atoms. The number of Topliss-reactive ketones (excluding diaryl/α,β-unsaturated/α-hetero) is 1. The van der Waals surface area contributed by atoms with Crippen LogP contribution >= 0.6 is 0 Å². The summed E-state index contributed by atoms with van der Waals surface area (Å²) in [5.74, 6) is -0.383. The van der Waals surface area contributed by atoms with Gasteiger partial charge in [0, 0.05) is 12.6 Å². The van der Waals surface area contributed by atoms with Crippen molar-refractivity contribution in [3.8, 4) is 0 Å². The van der Waals surface area contributed by atoms with Crippen LogP contribution in [0.5, 0.6) is 0 Å². The highest BCUT2D eigenvalue weighted by atomic mass is 16.6. The minimum Gasteiger partial charge on any atom is -0.369 e. The Morgan fingerprint density at radius 2 is 1.96 bits per heavy atom. The third-order valence-corrected chi connectivity index (χ3v) is 3.53. The van der Waals surface area contributed by atoms with Gasteiger partial charge in [0.05, 0.1) is 21.9 Å². The fraction of sp³-hybridized carbons (Fsp3) is 0.500. The average Bonchev–Trinajstić information content (AvgIpc) is 2.56. The molecule has 0 aromatic heterocycles. The van der Waals surface area contributed by atoms with E-state index < -0.39 is 33.3 Å². The first kappa shape index (κ1) is 19.5. The van der Waals surface area contributed by atoms with E-state index in [0.29, 0.717) is 12.8 Å². The third-order valence-electron chi connectivity index (χ3n) is 3.53. The maximum absolute atomic E-state index is 12.3. The first-order valence-corrected chi connectivity index (χ1v) is 7.51. The Morgan fingerprint density at radius 1 is 1.29 bits per heavy atom. The third kappa shape index (κ3) is 4.70. The number of para-hydroxylation sites is 1. The van der Waals surface area contributed by atoms with Gasteiger partial charge in [-0.25, -0.2) is 0 Å². The Balaban J connectivity index is 3.22. The number of rotatable bonds is 10. The molecule has 2 unspecified atom stereocenters. The molecule has 0 fully saturated rings. The highest BCUT2D eigenvalue weighted by molar-refractivity contribution is 5.92. The number of ketones is 1. The van der Waals surface area contributed by atoms with Crippen molar-refractivity contribution in [2.24, 2.45) is 11.5 Å². The second kappa shape index (κ2) is 8.89. The van der Waals surface area contributed by atoms with Crippen LogP contribution < -0.4 is 16.8 Å². The van der Waals surface area contributed by atoms with Crippen LogP contribution in [0.15, 0.2) is 18.2 Å². The topological polar surface area (TPSA) is 167 Å². The molecule has 1 aromatic rings. The van der Waals surface area contributed by atoms with Crippen molar-refractivity contribution < 1.29 is 14.6 Å². The molecule has 10 nitrogen and oxygen atoms in total. The second-order valence-electron chi connectivity index (χ2n) is 5.27. The molecule has 5 N–H and O–H groups in total. The molecule has 0 amide bonds. The van der Waals surface area contributed by atoms with Crippen molar-refractivity contribution in [3.05, 3.63) is 38.4 Å². The fourth-order valence-electron chi connectivity index (χ4n) is 2.24. The van der Waals surface area contributed by atoms with Crippen molar-refractivity contribution in [3.63, 3.8) is 0 Å². The number of nitro groups is 2. The summed E-state index contributed by atoms with van der Waals surface area (Å²) in [6.45, 7) is 1.88. The fourth-order valence-corrected chi connectivity index (χ4v) is 2.24. The van der Waals surface area contributed by atoms with Gasteiger partial charge < -0.3 is 16.8 Å². The van der Waals surface area contributed by atoms with Crippen LogP contribution in [0.1, 0.15) is 26.2 Å². The molecule has 0 saturated carbocycles. The molecule has 0 aliphatic rings. The Kier molecular flexibility index (Phi) is 7.21. The lowest BCUT2D eigenvalue weighted by Crippen LogP contribution is -2.46. The van der Waals surface area contributed by atoms with Crippen LogP contribution in [-0.2, 0) is 4.79 Å². The molecule has 0 spiro atoms. The number of nitrogens with two attached hydrogens (primary N) is 2. The van der Waals surface area contributed by atoms with Gasteiger partial charge in [-0.05, 0) is 12.5 Å². The van der Waals surface area contributed by atoms with E-state index in [9.17, 15) is 25.0 Å². The first-order chi connectivity index (χ1) is 11.3. The summed E-state index contributed by atoms with van der Waals surface area (Å²) in [7, 11) is 0. The molecular formula is C14H21N5O5.